The lowest BCUT2D eigenvalue weighted by molar-refractivity contribution is 0.0602. The molecule has 2 aromatic rings. The Morgan fingerprint density at radius 1 is 1.17 bits per heavy atom. The summed E-state index contributed by atoms with van der Waals surface area (Å²) >= 11 is 11.9. The summed E-state index contributed by atoms with van der Waals surface area (Å²) in [4.78, 5) is 11.8. The number of methoxy groups -OCH3 is 1. The van der Waals surface area contributed by atoms with Gasteiger partial charge in [-0.05, 0) is 55.3 Å². The highest BCUT2D eigenvalue weighted by molar-refractivity contribution is 6.31. The Hall–Kier alpha value is -1.91. The van der Waals surface area contributed by atoms with Crippen molar-refractivity contribution in [3.63, 3.8) is 0 Å². The van der Waals surface area contributed by atoms with Crippen LogP contribution in [0.15, 0.2) is 36.4 Å². The summed E-state index contributed by atoms with van der Waals surface area (Å²) in [5, 5.41) is 4.41. The van der Waals surface area contributed by atoms with Crippen LogP contribution in [0, 0.1) is 6.92 Å². The molecule has 4 nitrogen and oxygen atoms in total. The molecule has 0 aliphatic carbocycles. The van der Waals surface area contributed by atoms with E-state index in [1.165, 1.54) is 7.11 Å². The number of ether oxygens (including phenoxy) is 2. The van der Waals surface area contributed by atoms with Crippen molar-refractivity contribution in [2.75, 3.05) is 25.6 Å². The summed E-state index contributed by atoms with van der Waals surface area (Å²) in [7, 11) is 1.34. The van der Waals surface area contributed by atoms with E-state index in [2.05, 4.69) is 5.32 Å². The smallest absolute Gasteiger partial charge is 0.340 e. The minimum atomic E-state index is -0.423. The molecular formula is C18H19Cl2NO3. The van der Waals surface area contributed by atoms with E-state index in [9.17, 15) is 4.79 Å². The van der Waals surface area contributed by atoms with Crippen molar-refractivity contribution < 1.29 is 14.3 Å². The minimum Gasteiger partial charge on any atom is -0.494 e. The van der Waals surface area contributed by atoms with E-state index in [1.54, 1.807) is 18.2 Å². The molecule has 0 saturated carbocycles. The van der Waals surface area contributed by atoms with E-state index in [0.29, 0.717) is 29.4 Å². The number of carbonyl (C=O) groups excluding carboxylic acids is 1. The van der Waals surface area contributed by atoms with Gasteiger partial charge in [-0.15, -0.1) is 0 Å². The number of benzene rings is 2. The highest BCUT2D eigenvalue weighted by atomic mass is 35.5. The number of hydrogen-bond donors (Lipinski definition) is 1. The zero-order valence-electron chi connectivity index (χ0n) is 13.6. The van der Waals surface area contributed by atoms with Crippen molar-refractivity contribution >= 4 is 34.9 Å². The Bertz CT molecular complexity index is 719. The summed E-state index contributed by atoms with van der Waals surface area (Å²) < 4.78 is 10.5. The Morgan fingerprint density at radius 3 is 2.67 bits per heavy atom. The summed E-state index contributed by atoms with van der Waals surface area (Å²) in [6, 6.07) is 10.6. The molecule has 0 radical (unpaired) electrons. The van der Waals surface area contributed by atoms with Crippen molar-refractivity contribution in [3.05, 3.63) is 57.6 Å². The van der Waals surface area contributed by atoms with Gasteiger partial charge in [-0.1, -0.05) is 23.2 Å². The van der Waals surface area contributed by atoms with Crippen LogP contribution in [0.1, 0.15) is 22.3 Å². The first-order chi connectivity index (χ1) is 11.5. The average molecular weight is 368 g/mol. The third kappa shape index (κ3) is 5.05. The molecule has 2 aromatic carbocycles. The first kappa shape index (κ1) is 18.4. The van der Waals surface area contributed by atoms with Crippen LogP contribution in [0.4, 0.5) is 5.69 Å². The average Bonchev–Trinajstić information content (AvgIpc) is 2.58. The number of aryl methyl sites for hydroxylation is 1. The topological polar surface area (TPSA) is 47.6 Å². The van der Waals surface area contributed by atoms with Crippen molar-refractivity contribution in [3.8, 4) is 5.75 Å². The lowest BCUT2D eigenvalue weighted by Gasteiger charge is -2.12. The van der Waals surface area contributed by atoms with Crippen LogP contribution in [0.2, 0.25) is 10.0 Å². The van der Waals surface area contributed by atoms with E-state index in [4.69, 9.17) is 32.7 Å². The fraction of sp³-hybridized carbons (Fsp3) is 0.278. The summed E-state index contributed by atoms with van der Waals surface area (Å²) in [5.41, 5.74) is 2.09. The van der Waals surface area contributed by atoms with Crippen molar-refractivity contribution in [2.45, 2.75) is 13.3 Å². The molecule has 0 bridgehead atoms. The van der Waals surface area contributed by atoms with Crippen molar-refractivity contribution in [1.29, 1.82) is 0 Å². The largest absolute Gasteiger partial charge is 0.494 e. The molecule has 0 aliphatic heterocycles. The molecule has 0 amide bonds. The number of carbonyl (C=O) groups is 1. The maximum Gasteiger partial charge on any atom is 0.340 e. The standard InChI is InChI=1S/C18H19Cl2NO3/c1-12-10-14(5-6-16(12)20)24-9-3-8-21-17-7-4-13(19)11-15(17)18(22)23-2/h4-7,10-11,21H,3,8-9H2,1-2H3. The van der Waals surface area contributed by atoms with E-state index in [-0.39, 0.29) is 0 Å². The second-order valence-electron chi connectivity index (χ2n) is 5.22. The highest BCUT2D eigenvalue weighted by Crippen LogP contribution is 2.22. The van der Waals surface area contributed by atoms with Crippen LogP contribution in [0.5, 0.6) is 5.75 Å². The van der Waals surface area contributed by atoms with E-state index in [1.807, 2.05) is 25.1 Å². The van der Waals surface area contributed by atoms with Gasteiger partial charge in [0.25, 0.3) is 0 Å². The SMILES string of the molecule is COC(=O)c1cc(Cl)ccc1NCCCOc1ccc(Cl)c(C)c1. The molecule has 1 N–H and O–H groups in total. The van der Waals surface area contributed by atoms with Crippen LogP contribution < -0.4 is 10.1 Å². The number of anilines is 1. The molecule has 0 unspecified atom stereocenters. The molecule has 24 heavy (non-hydrogen) atoms. The molecule has 128 valence electrons. The van der Waals surface area contributed by atoms with Gasteiger partial charge >= 0.3 is 5.97 Å². The monoisotopic (exact) mass is 367 g/mol. The summed E-state index contributed by atoms with van der Waals surface area (Å²) in [5.74, 6) is 0.367. The molecule has 0 aromatic heterocycles. The van der Waals surface area contributed by atoms with Gasteiger partial charge in [0.2, 0.25) is 0 Å². The molecule has 2 rings (SSSR count). The molecule has 0 atom stereocenters. The van der Waals surface area contributed by atoms with Gasteiger partial charge in [0.05, 0.1) is 19.3 Å². The molecular weight excluding hydrogens is 349 g/mol. The Kier molecular flexibility index (Phi) is 6.76. The van der Waals surface area contributed by atoms with Crippen molar-refractivity contribution in [1.82, 2.24) is 0 Å². The Morgan fingerprint density at radius 2 is 1.96 bits per heavy atom. The number of nitrogens with one attached hydrogen (secondary N) is 1. The molecule has 0 heterocycles. The fourth-order valence-corrected chi connectivity index (χ4v) is 2.43. The second-order valence-corrected chi connectivity index (χ2v) is 6.06. The number of hydrogen-bond acceptors (Lipinski definition) is 4. The van der Waals surface area contributed by atoms with E-state index >= 15 is 0 Å². The summed E-state index contributed by atoms with van der Waals surface area (Å²) in [6.07, 6.45) is 0.769. The lowest BCUT2D eigenvalue weighted by atomic mass is 10.1. The van der Waals surface area contributed by atoms with E-state index in [0.717, 1.165) is 22.8 Å². The summed E-state index contributed by atoms with van der Waals surface area (Å²) in [6.45, 7) is 3.14. The van der Waals surface area contributed by atoms with Crippen LogP contribution >= 0.6 is 23.2 Å². The Labute approximate surface area is 151 Å². The second kappa shape index (κ2) is 8.81. The quantitative estimate of drug-likeness (QED) is 0.554. The van der Waals surface area contributed by atoms with Crippen LogP contribution in [-0.2, 0) is 4.74 Å². The maximum absolute atomic E-state index is 11.8. The lowest BCUT2D eigenvalue weighted by Crippen LogP contribution is -2.11. The maximum atomic E-state index is 11.8. The number of esters is 1. The third-order valence-corrected chi connectivity index (χ3v) is 4.08. The number of halogens is 2. The van der Waals surface area contributed by atoms with Gasteiger partial charge < -0.3 is 14.8 Å². The van der Waals surface area contributed by atoms with Gasteiger partial charge in [0.15, 0.2) is 0 Å². The normalized spacial score (nSPS) is 10.3. The molecule has 0 fully saturated rings. The van der Waals surface area contributed by atoms with Gasteiger partial charge in [0.1, 0.15) is 5.75 Å². The predicted octanol–water partition coefficient (Wildman–Crippen LogP) is 4.97. The van der Waals surface area contributed by atoms with Crippen LogP contribution in [0.25, 0.3) is 0 Å². The first-order valence-electron chi connectivity index (χ1n) is 7.52. The van der Waals surface area contributed by atoms with Gasteiger partial charge in [-0.25, -0.2) is 4.79 Å². The van der Waals surface area contributed by atoms with Gasteiger partial charge in [0, 0.05) is 22.3 Å². The molecule has 0 saturated heterocycles. The van der Waals surface area contributed by atoms with Gasteiger partial charge in [-0.3, -0.25) is 0 Å². The zero-order valence-corrected chi connectivity index (χ0v) is 15.1. The molecule has 6 heteroatoms. The van der Waals surface area contributed by atoms with Crippen LogP contribution in [-0.4, -0.2) is 26.2 Å². The Balaban J connectivity index is 1.84. The highest BCUT2D eigenvalue weighted by Gasteiger charge is 2.12. The van der Waals surface area contributed by atoms with E-state index < -0.39 is 5.97 Å². The first-order valence-corrected chi connectivity index (χ1v) is 8.27. The third-order valence-electron chi connectivity index (χ3n) is 3.42. The molecule has 0 spiro atoms. The van der Waals surface area contributed by atoms with Gasteiger partial charge in [-0.2, -0.15) is 0 Å². The molecule has 0 aliphatic rings. The number of rotatable bonds is 7. The predicted molar refractivity (Wildman–Crippen MR) is 97.6 cm³/mol. The van der Waals surface area contributed by atoms with Crippen LogP contribution in [0.3, 0.4) is 0 Å². The van der Waals surface area contributed by atoms with Crippen molar-refractivity contribution in [2.24, 2.45) is 0 Å². The minimum absolute atomic E-state index is 0.416. The fourth-order valence-electron chi connectivity index (χ4n) is 2.14. The zero-order chi connectivity index (χ0) is 17.5.